The number of phenols is 3. The van der Waals surface area contributed by atoms with E-state index in [0.717, 1.165) is 25.7 Å². The second-order valence-electron chi connectivity index (χ2n) is 12.7. The summed E-state index contributed by atoms with van der Waals surface area (Å²) in [6.45, 7) is 12.9. The summed E-state index contributed by atoms with van der Waals surface area (Å²) in [5, 5.41) is 44.1. The molecule has 3 aliphatic rings. The maximum absolute atomic E-state index is 11.8. The van der Waals surface area contributed by atoms with Crippen LogP contribution in [0.2, 0.25) is 0 Å². The van der Waals surface area contributed by atoms with Crippen LogP contribution >= 0.6 is 0 Å². The van der Waals surface area contributed by atoms with Crippen molar-refractivity contribution in [3.05, 3.63) is 16.7 Å². The number of carbonyl (C=O) groups is 2. The maximum atomic E-state index is 11.8. The molecule has 7 atom stereocenters. The highest BCUT2D eigenvalue weighted by molar-refractivity contribution is 5.95. The smallest absolute Gasteiger partial charge is 0.157 e. The van der Waals surface area contributed by atoms with Crippen molar-refractivity contribution in [2.24, 2.45) is 40.4 Å². The Morgan fingerprint density at radius 2 is 1.38 bits per heavy atom. The quantitative estimate of drug-likeness (QED) is 0.412. The Kier molecular flexibility index (Phi) is 5.87. The van der Waals surface area contributed by atoms with E-state index in [1.54, 1.807) is 0 Å². The van der Waals surface area contributed by atoms with Crippen molar-refractivity contribution in [2.45, 2.75) is 85.2 Å². The molecule has 0 spiro atoms. The van der Waals surface area contributed by atoms with Gasteiger partial charge in [0.25, 0.3) is 0 Å². The van der Waals surface area contributed by atoms with Crippen LogP contribution in [0, 0.1) is 40.4 Å². The molecule has 6 nitrogen and oxygen atoms in total. The van der Waals surface area contributed by atoms with Crippen LogP contribution in [0.15, 0.2) is 0 Å². The van der Waals surface area contributed by atoms with E-state index >= 15 is 0 Å². The number of hydrogen-bond donors (Lipinski definition) is 4. The van der Waals surface area contributed by atoms with Gasteiger partial charge in [-0.1, -0.05) is 34.6 Å². The Hall–Kier alpha value is -2.08. The predicted octanol–water partition coefficient (Wildman–Crippen LogP) is 5.41. The van der Waals surface area contributed by atoms with Gasteiger partial charge in [0.15, 0.2) is 12.6 Å². The molecular formula is C28H40O6. The first-order chi connectivity index (χ1) is 15.7. The molecule has 188 valence electrons. The zero-order valence-corrected chi connectivity index (χ0v) is 21.3. The summed E-state index contributed by atoms with van der Waals surface area (Å²) in [5.41, 5.74) is -1.55. The van der Waals surface area contributed by atoms with Crippen LogP contribution in [0.3, 0.4) is 0 Å². The maximum Gasteiger partial charge on any atom is 0.157 e. The van der Waals surface area contributed by atoms with E-state index in [0.29, 0.717) is 30.8 Å². The lowest BCUT2D eigenvalue weighted by atomic mass is 9.59. The molecule has 4 N–H and O–H groups in total. The molecule has 34 heavy (non-hydrogen) atoms. The molecule has 0 unspecified atom stereocenters. The molecule has 3 aliphatic carbocycles. The van der Waals surface area contributed by atoms with E-state index in [4.69, 9.17) is 0 Å². The monoisotopic (exact) mass is 472 g/mol. The SMILES string of the molecule is CC(C)C[C@H](c1c(O)c(C=O)c(O)c(C=O)c1O)[C@@]1(C)CC[C@@H]2[C@@H]1[C@H]1[C@@H](CC[C@]2(C)O)C1(C)C. The van der Waals surface area contributed by atoms with E-state index in [1.807, 2.05) is 6.92 Å². The van der Waals surface area contributed by atoms with Crippen LogP contribution in [0.5, 0.6) is 17.2 Å². The number of hydrogen-bond acceptors (Lipinski definition) is 6. The predicted molar refractivity (Wildman–Crippen MR) is 129 cm³/mol. The molecule has 0 bridgehead atoms. The van der Waals surface area contributed by atoms with E-state index in [9.17, 15) is 30.0 Å². The summed E-state index contributed by atoms with van der Waals surface area (Å²) in [6.07, 6.45) is 4.71. The molecule has 0 amide bonds. The first-order valence-corrected chi connectivity index (χ1v) is 12.7. The van der Waals surface area contributed by atoms with Gasteiger partial charge in [0, 0.05) is 5.56 Å². The molecule has 3 saturated carbocycles. The van der Waals surface area contributed by atoms with Gasteiger partial charge >= 0.3 is 0 Å². The van der Waals surface area contributed by atoms with Crippen molar-refractivity contribution in [1.82, 2.24) is 0 Å². The molecule has 0 aromatic heterocycles. The second-order valence-corrected chi connectivity index (χ2v) is 12.7. The Balaban J connectivity index is 1.94. The Bertz CT molecular complexity index is 974. The van der Waals surface area contributed by atoms with Gasteiger partial charge in [0.1, 0.15) is 17.2 Å². The third-order valence-electron chi connectivity index (χ3n) is 10.1. The highest BCUT2D eigenvalue weighted by atomic mass is 16.3. The third kappa shape index (κ3) is 3.39. The second kappa shape index (κ2) is 7.97. The molecule has 0 saturated heterocycles. The number of fused-ring (bicyclic) bond motifs is 3. The van der Waals surface area contributed by atoms with Crippen molar-refractivity contribution in [1.29, 1.82) is 0 Å². The molecule has 0 aliphatic heterocycles. The van der Waals surface area contributed by atoms with Gasteiger partial charge < -0.3 is 20.4 Å². The highest BCUT2D eigenvalue weighted by Gasteiger charge is 2.70. The molecule has 6 heteroatoms. The lowest BCUT2D eigenvalue weighted by molar-refractivity contribution is -0.0441. The Labute approximate surface area is 202 Å². The number of carbonyl (C=O) groups excluding carboxylic acids is 2. The van der Waals surface area contributed by atoms with Crippen LogP contribution < -0.4 is 0 Å². The first kappa shape index (κ1) is 25.0. The number of phenolic OH excluding ortho intramolecular Hbond substituents is 3. The summed E-state index contributed by atoms with van der Waals surface area (Å²) >= 11 is 0. The van der Waals surface area contributed by atoms with Crippen LogP contribution in [-0.4, -0.2) is 38.6 Å². The van der Waals surface area contributed by atoms with Gasteiger partial charge in [-0.15, -0.1) is 0 Å². The number of rotatable bonds is 6. The number of benzene rings is 1. The van der Waals surface area contributed by atoms with Gasteiger partial charge in [-0.25, -0.2) is 0 Å². The molecule has 3 fully saturated rings. The van der Waals surface area contributed by atoms with Crippen molar-refractivity contribution >= 4 is 12.6 Å². The fourth-order valence-corrected chi connectivity index (χ4v) is 8.23. The Morgan fingerprint density at radius 1 is 0.853 bits per heavy atom. The van der Waals surface area contributed by atoms with Gasteiger partial charge in [0.2, 0.25) is 0 Å². The largest absolute Gasteiger partial charge is 0.507 e. The van der Waals surface area contributed by atoms with Crippen LogP contribution in [0.1, 0.15) is 106 Å². The summed E-state index contributed by atoms with van der Waals surface area (Å²) in [5.74, 6) is -0.524. The highest BCUT2D eigenvalue weighted by Crippen LogP contribution is 2.76. The fourth-order valence-electron chi connectivity index (χ4n) is 8.23. The minimum atomic E-state index is -0.782. The average molecular weight is 473 g/mol. The van der Waals surface area contributed by atoms with Crippen LogP contribution in [0.25, 0.3) is 0 Å². The molecule has 1 aromatic carbocycles. The topological polar surface area (TPSA) is 115 Å². The van der Waals surface area contributed by atoms with Gasteiger partial charge in [-0.2, -0.15) is 0 Å². The van der Waals surface area contributed by atoms with Gasteiger partial charge in [-0.05, 0) is 85.4 Å². The summed E-state index contributed by atoms with van der Waals surface area (Å²) in [4.78, 5) is 23.6. The summed E-state index contributed by atoms with van der Waals surface area (Å²) in [6, 6.07) is 0. The van der Waals surface area contributed by atoms with E-state index in [2.05, 4.69) is 34.6 Å². The average Bonchev–Trinajstić information content (AvgIpc) is 3.13. The van der Waals surface area contributed by atoms with Crippen LogP contribution in [-0.2, 0) is 0 Å². The third-order valence-corrected chi connectivity index (χ3v) is 10.1. The van der Waals surface area contributed by atoms with Crippen molar-refractivity contribution in [3.63, 3.8) is 0 Å². The molecule has 0 heterocycles. The van der Waals surface area contributed by atoms with E-state index < -0.39 is 22.8 Å². The summed E-state index contributed by atoms with van der Waals surface area (Å²) in [7, 11) is 0. The zero-order chi connectivity index (χ0) is 25.4. The molecule has 0 radical (unpaired) electrons. The number of aromatic hydroxyl groups is 3. The van der Waals surface area contributed by atoms with Gasteiger partial charge in [-0.3, -0.25) is 9.59 Å². The number of aliphatic hydroxyl groups is 1. The lowest BCUT2D eigenvalue weighted by Gasteiger charge is -2.45. The van der Waals surface area contributed by atoms with Crippen molar-refractivity contribution in [2.75, 3.05) is 0 Å². The summed E-state index contributed by atoms with van der Waals surface area (Å²) < 4.78 is 0. The van der Waals surface area contributed by atoms with Crippen molar-refractivity contribution in [3.8, 4) is 17.2 Å². The van der Waals surface area contributed by atoms with Gasteiger partial charge in [0.05, 0.1) is 16.7 Å². The molecular weight excluding hydrogens is 432 g/mol. The minimum Gasteiger partial charge on any atom is -0.507 e. The zero-order valence-electron chi connectivity index (χ0n) is 21.3. The van der Waals surface area contributed by atoms with E-state index in [-0.39, 0.29) is 51.2 Å². The molecule has 4 rings (SSSR count). The lowest BCUT2D eigenvalue weighted by Crippen LogP contribution is -2.42. The standard InChI is InChI=1S/C28H40O6/c1-14(2)11-19(20-24(32)15(12-29)23(31)16(13-30)25(20)33)27(5)9-7-18-22(27)21-17(26(21,3)4)8-10-28(18,6)34/h12-14,17-19,21-22,31-34H,7-11H2,1-6H3/t17-,18-,19-,21-,22-,27-,28+/m1/s1. The van der Waals surface area contributed by atoms with Crippen molar-refractivity contribution < 1.29 is 30.0 Å². The fraction of sp³-hybridized carbons (Fsp3) is 0.714. The minimum absolute atomic E-state index is 0.0985. The Morgan fingerprint density at radius 3 is 1.88 bits per heavy atom. The van der Waals surface area contributed by atoms with E-state index in [1.165, 1.54) is 0 Å². The van der Waals surface area contributed by atoms with Crippen LogP contribution in [0.4, 0.5) is 0 Å². The first-order valence-electron chi connectivity index (χ1n) is 12.7. The number of aldehydes is 2. The molecule has 1 aromatic rings. The normalized spacial score (nSPS) is 36.9.